The van der Waals surface area contributed by atoms with Crippen LogP contribution in [0.15, 0.2) is 0 Å². The molecule has 0 radical (unpaired) electrons. The molecular formula is C13H20O3. The second kappa shape index (κ2) is 4.56. The lowest BCUT2D eigenvalue weighted by atomic mass is 9.76. The predicted octanol–water partition coefficient (Wildman–Crippen LogP) is 2.48. The molecule has 2 aliphatic carbocycles. The predicted molar refractivity (Wildman–Crippen MR) is 59.9 cm³/mol. The Labute approximate surface area is 96.5 Å². The lowest BCUT2D eigenvalue weighted by Crippen LogP contribution is -2.41. The van der Waals surface area contributed by atoms with Crippen molar-refractivity contribution in [2.75, 3.05) is 7.11 Å². The van der Waals surface area contributed by atoms with Crippen molar-refractivity contribution in [2.45, 2.75) is 51.4 Å². The van der Waals surface area contributed by atoms with Crippen molar-refractivity contribution in [3.63, 3.8) is 0 Å². The molecule has 0 heterocycles. The maximum atomic E-state index is 12.5. The van der Waals surface area contributed by atoms with Crippen molar-refractivity contribution in [3.8, 4) is 0 Å². The van der Waals surface area contributed by atoms with E-state index in [1.54, 1.807) is 0 Å². The molecule has 3 heteroatoms. The second-order valence-corrected chi connectivity index (χ2v) is 5.13. The molecule has 0 saturated heterocycles. The normalized spacial score (nSPS) is 24.6. The van der Waals surface area contributed by atoms with E-state index in [0.717, 1.165) is 38.5 Å². The van der Waals surface area contributed by atoms with Gasteiger partial charge in [-0.25, -0.2) is 0 Å². The number of carbonyl (C=O) groups excluding carboxylic acids is 2. The minimum atomic E-state index is -0.774. The van der Waals surface area contributed by atoms with E-state index in [1.165, 1.54) is 7.11 Å². The Morgan fingerprint density at radius 3 is 2.12 bits per heavy atom. The number of Topliss-reactive ketones (excluding diaryl/α,β-unsaturated/α-hetero) is 1. The van der Waals surface area contributed by atoms with Gasteiger partial charge in [0, 0.05) is 5.92 Å². The second-order valence-electron chi connectivity index (χ2n) is 5.13. The van der Waals surface area contributed by atoms with Crippen molar-refractivity contribution >= 4 is 11.8 Å². The van der Waals surface area contributed by atoms with Crippen LogP contribution in [0, 0.1) is 11.3 Å². The van der Waals surface area contributed by atoms with Crippen molar-refractivity contribution in [1.29, 1.82) is 0 Å². The molecule has 0 aliphatic heterocycles. The molecule has 0 N–H and O–H groups in total. The highest BCUT2D eigenvalue weighted by atomic mass is 16.5. The third-order valence-electron chi connectivity index (χ3n) is 4.23. The number of carbonyl (C=O) groups is 2. The SMILES string of the molecule is COC(=O)C1(C(=O)C2CCCC2)CCCC1. The van der Waals surface area contributed by atoms with E-state index < -0.39 is 5.41 Å². The lowest BCUT2D eigenvalue weighted by molar-refractivity contribution is -0.159. The van der Waals surface area contributed by atoms with Gasteiger partial charge in [0.05, 0.1) is 7.11 Å². The number of ether oxygens (including phenoxy) is 1. The number of hydrogen-bond acceptors (Lipinski definition) is 3. The van der Waals surface area contributed by atoms with E-state index in [-0.39, 0.29) is 17.7 Å². The highest BCUT2D eigenvalue weighted by molar-refractivity contribution is 6.05. The van der Waals surface area contributed by atoms with Gasteiger partial charge in [-0.1, -0.05) is 25.7 Å². The Bertz CT molecular complexity index is 284. The highest BCUT2D eigenvalue weighted by Crippen LogP contribution is 2.44. The molecular weight excluding hydrogens is 204 g/mol. The molecule has 3 nitrogen and oxygen atoms in total. The van der Waals surface area contributed by atoms with Crippen LogP contribution in [-0.4, -0.2) is 18.9 Å². The van der Waals surface area contributed by atoms with E-state index in [4.69, 9.17) is 4.74 Å². The molecule has 2 saturated carbocycles. The number of ketones is 1. The molecule has 2 aliphatic rings. The van der Waals surface area contributed by atoms with Gasteiger partial charge in [0.1, 0.15) is 5.41 Å². The first-order valence-corrected chi connectivity index (χ1v) is 6.33. The zero-order valence-corrected chi connectivity index (χ0v) is 9.96. The van der Waals surface area contributed by atoms with Gasteiger partial charge < -0.3 is 4.74 Å². The molecule has 0 atom stereocenters. The number of rotatable bonds is 3. The summed E-state index contributed by atoms with van der Waals surface area (Å²) in [4.78, 5) is 24.4. The van der Waals surface area contributed by atoms with Crippen molar-refractivity contribution < 1.29 is 14.3 Å². The maximum absolute atomic E-state index is 12.5. The fourth-order valence-corrected chi connectivity index (χ4v) is 3.30. The largest absolute Gasteiger partial charge is 0.468 e. The van der Waals surface area contributed by atoms with Crippen LogP contribution in [0.5, 0.6) is 0 Å². The smallest absolute Gasteiger partial charge is 0.319 e. The quantitative estimate of drug-likeness (QED) is 0.546. The first kappa shape index (κ1) is 11.6. The highest BCUT2D eigenvalue weighted by Gasteiger charge is 2.50. The average molecular weight is 224 g/mol. The molecule has 0 spiro atoms. The third-order valence-corrected chi connectivity index (χ3v) is 4.23. The third kappa shape index (κ3) is 1.76. The van der Waals surface area contributed by atoms with Crippen LogP contribution in [0.1, 0.15) is 51.4 Å². The summed E-state index contributed by atoms with van der Waals surface area (Å²) >= 11 is 0. The monoisotopic (exact) mass is 224 g/mol. The van der Waals surface area contributed by atoms with Gasteiger partial charge in [0.2, 0.25) is 0 Å². The molecule has 0 aromatic carbocycles. The molecule has 0 amide bonds. The minimum absolute atomic E-state index is 0.122. The van der Waals surface area contributed by atoms with Crippen molar-refractivity contribution in [2.24, 2.45) is 11.3 Å². The summed E-state index contributed by atoms with van der Waals surface area (Å²) in [6.07, 6.45) is 7.57. The number of hydrogen-bond donors (Lipinski definition) is 0. The van der Waals surface area contributed by atoms with Crippen LogP contribution in [0.25, 0.3) is 0 Å². The van der Waals surface area contributed by atoms with Crippen molar-refractivity contribution in [3.05, 3.63) is 0 Å². The van der Waals surface area contributed by atoms with Crippen LogP contribution < -0.4 is 0 Å². The molecule has 90 valence electrons. The lowest BCUT2D eigenvalue weighted by Gasteiger charge is -2.27. The molecule has 0 unspecified atom stereocenters. The molecule has 16 heavy (non-hydrogen) atoms. The number of methoxy groups -OCH3 is 1. The van der Waals surface area contributed by atoms with Gasteiger partial charge in [-0.2, -0.15) is 0 Å². The maximum Gasteiger partial charge on any atom is 0.319 e. The van der Waals surface area contributed by atoms with E-state index >= 15 is 0 Å². The van der Waals surface area contributed by atoms with E-state index in [9.17, 15) is 9.59 Å². The van der Waals surface area contributed by atoms with E-state index in [1.807, 2.05) is 0 Å². The van der Waals surface area contributed by atoms with Gasteiger partial charge in [-0.15, -0.1) is 0 Å². The van der Waals surface area contributed by atoms with Crippen LogP contribution >= 0.6 is 0 Å². The van der Waals surface area contributed by atoms with E-state index in [2.05, 4.69) is 0 Å². The van der Waals surface area contributed by atoms with E-state index in [0.29, 0.717) is 12.8 Å². The van der Waals surface area contributed by atoms with Crippen LogP contribution in [0.2, 0.25) is 0 Å². The van der Waals surface area contributed by atoms with Crippen LogP contribution in [-0.2, 0) is 14.3 Å². The van der Waals surface area contributed by atoms with Gasteiger partial charge in [0.25, 0.3) is 0 Å². The summed E-state index contributed by atoms with van der Waals surface area (Å²) in [5.41, 5.74) is -0.774. The van der Waals surface area contributed by atoms with Gasteiger partial charge in [0.15, 0.2) is 5.78 Å². The zero-order chi connectivity index (χ0) is 11.6. The summed E-state index contributed by atoms with van der Waals surface area (Å²) < 4.78 is 4.86. The Hall–Kier alpha value is -0.860. The Morgan fingerprint density at radius 2 is 1.62 bits per heavy atom. The van der Waals surface area contributed by atoms with Gasteiger partial charge in [-0.05, 0) is 25.7 Å². The fourth-order valence-electron chi connectivity index (χ4n) is 3.30. The first-order chi connectivity index (χ1) is 7.70. The minimum Gasteiger partial charge on any atom is -0.468 e. The molecule has 2 rings (SSSR count). The summed E-state index contributed by atoms with van der Waals surface area (Å²) in [7, 11) is 1.39. The Morgan fingerprint density at radius 1 is 1.06 bits per heavy atom. The molecule has 0 aromatic rings. The zero-order valence-electron chi connectivity index (χ0n) is 9.96. The number of esters is 1. The molecule has 0 bridgehead atoms. The topological polar surface area (TPSA) is 43.4 Å². The summed E-state index contributed by atoms with van der Waals surface area (Å²) in [5.74, 6) is 0.00782. The average Bonchev–Trinajstić information content (AvgIpc) is 2.98. The molecule has 2 fully saturated rings. The Balaban J connectivity index is 2.18. The summed E-state index contributed by atoms with van der Waals surface area (Å²) in [6.45, 7) is 0. The summed E-state index contributed by atoms with van der Waals surface area (Å²) in [6, 6.07) is 0. The Kier molecular flexibility index (Phi) is 3.31. The summed E-state index contributed by atoms with van der Waals surface area (Å²) in [5, 5.41) is 0. The van der Waals surface area contributed by atoms with Crippen LogP contribution in [0.3, 0.4) is 0 Å². The fraction of sp³-hybridized carbons (Fsp3) is 0.846. The van der Waals surface area contributed by atoms with Gasteiger partial charge >= 0.3 is 5.97 Å². The van der Waals surface area contributed by atoms with Crippen LogP contribution in [0.4, 0.5) is 0 Å². The van der Waals surface area contributed by atoms with Crippen molar-refractivity contribution in [1.82, 2.24) is 0 Å². The molecule has 0 aromatic heterocycles. The van der Waals surface area contributed by atoms with Gasteiger partial charge in [-0.3, -0.25) is 9.59 Å². The standard InChI is InChI=1S/C13H20O3/c1-16-12(15)13(8-4-5-9-13)11(14)10-6-2-3-7-10/h10H,2-9H2,1H3. The first-order valence-electron chi connectivity index (χ1n) is 6.33.